The third-order valence-electron chi connectivity index (χ3n) is 8.87. The molecular weight excluding hydrogens is 586 g/mol. The number of carbonyl (C=O) groups excluding carboxylic acids is 4. The third kappa shape index (κ3) is 7.68. The molecule has 246 valence electrons. The molecule has 0 spiro atoms. The number of fused-ring (bicyclic) bond motifs is 4. The summed E-state index contributed by atoms with van der Waals surface area (Å²) in [5, 5.41) is 5.71. The van der Waals surface area contributed by atoms with E-state index in [-0.39, 0.29) is 35.9 Å². The highest BCUT2D eigenvalue weighted by Gasteiger charge is 2.36. The van der Waals surface area contributed by atoms with Gasteiger partial charge in [-0.05, 0) is 94.7 Å². The van der Waals surface area contributed by atoms with Crippen molar-refractivity contribution in [2.75, 3.05) is 30.8 Å². The summed E-state index contributed by atoms with van der Waals surface area (Å²) in [4.78, 5) is 60.4. The number of rotatable bonds is 3. The largest absolute Gasteiger partial charge is 0.453 e. The van der Waals surface area contributed by atoms with Gasteiger partial charge in [-0.3, -0.25) is 19.9 Å². The average molecular weight is 632 g/mol. The summed E-state index contributed by atoms with van der Waals surface area (Å²) in [6.07, 6.45) is 7.89. The van der Waals surface area contributed by atoms with Gasteiger partial charge in [-0.25, -0.2) is 9.59 Å². The fourth-order valence-electron chi connectivity index (χ4n) is 6.51. The zero-order valence-electron chi connectivity index (χ0n) is 27.4. The molecule has 3 aliphatic heterocycles. The molecule has 4 heterocycles. The van der Waals surface area contributed by atoms with E-state index in [4.69, 9.17) is 14.5 Å². The molecule has 2 bridgehead atoms. The zero-order valence-corrected chi connectivity index (χ0v) is 27.4. The highest BCUT2D eigenvalue weighted by atomic mass is 16.6. The lowest BCUT2D eigenvalue weighted by atomic mass is 9.89. The van der Waals surface area contributed by atoms with Gasteiger partial charge in [-0.2, -0.15) is 0 Å². The number of ether oxygens (including phenoxy) is 2. The van der Waals surface area contributed by atoms with Crippen LogP contribution in [0.5, 0.6) is 0 Å². The number of pyridine rings is 1. The summed E-state index contributed by atoms with van der Waals surface area (Å²) in [7, 11) is 1.29. The van der Waals surface area contributed by atoms with Crippen LogP contribution in [0.25, 0.3) is 11.1 Å². The number of amides is 4. The Hall–Kier alpha value is -4.41. The first kappa shape index (κ1) is 33.0. The molecule has 11 heteroatoms. The van der Waals surface area contributed by atoms with E-state index < -0.39 is 11.7 Å². The first-order valence-corrected chi connectivity index (χ1v) is 16.2. The molecule has 0 radical (unpaired) electrons. The summed E-state index contributed by atoms with van der Waals surface area (Å²) in [6.45, 7) is 8.61. The number of likely N-dealkylation sites (tertiary alicyclic amines) is 1. The Balaban J connectivity index is 1.44. The van der Waals surface area contributed by atoms with Crippen LogP contribution in [-0.2, 0) is 19.1 Å². The molecule has 46 heavy (non-hydrogen) atoms. The van der Waals surface area contributed by atoms with Crippen molar-refractivity contribution in [3.05, 3.63) is 53.9 Å². The minimum Gasteiger partial charge on any atom is -0.453 e. The van der Waals surface area contributed by atoms with Gasteiger partial charge < -0.3 is 24.6 Å². The molecule has 1 aromatic carbocycles. The van der Waals surface area contributed by atoms with E-state index in [1.165, 1.54) is 7.11 Å². The summed E-state index contributed by atoms with van der Waals surface area (Å²) in [5.74, 6) is -0.485. The van der Waals surface area contributed by atoms with E-state index in [9.17, 15) is 19.2 Å². The van der Waals surface area contributed by atoms with E-state index in [2.05, 4.69) is 10.6 Å². The molecule has 0 aliphatic carbocycles. The Labute approximate surface area is 270 Å². The Morgan fingerprint density at radius 3 is 2.52 bits per heavy atom. The van der Waals surface area contributed by atoms with Crippen LogP contribution in [0, 0.1) is 5.92 Å². The highest BCUT2D eigenvalue weighted by molar-refractivity contribution is 5.98. The maximum Gasteiger partial charge on any atom is 0.411 e. The molecule has 2 N–H and O–H groups in total. The highest BCUT2D eigenvalue weighted by Crippen LogP contribution is 2.37. The monoisotopic (exact) mass is 631 g/mol. The second-order valence-electron chi connectivity index (χ2n) is 13.4. The van der Waals surface area contributed by atoms with Gasteiger partial charge >= 0.3 is 12.2 Å². The van der Waals surface area contributed by atoms with E-state index in [0.29, 0.717) is 43.7 Å². The van der Waals surface area contributed by atoms with Crippen molar-refractivity contribution in [2.45, 2.75) is 90.3 Å². The number of methoxy groups -OCH3 is 1. The smallest absolute Gasteiger partial charge is 0.411 e. The van der Waals surface area contributed by atoms with Crippen LogP contribution in [0.3, 0.4) is 0 Å². The van der Waals surface area contributed by atoms with Crippen molar-refractivity contribution in [2.24, 2.45) is 5.92 Å². The van der Waals surface area contributed by atoms with Crippen LogP contribution in [0.2, 0.25) is 0 Å². The molecule has 1 aromatic heterocycles. The fourth-order valence-corrected chi connectivity index (χ4v) is 6.51. The third-order valence-corrected chi connectivity index (χ3v) is 8.87. The second kappa shape index (κ2) is 13.9. The van der Waals surface area contributed by atoms with Gasteiger partial charge in [0.2, 0.25) is 11.8 Å². The topological polar surface area (TPSA) is 130 Å². The van der Waals surface area contributed by atoms with Crippen molar-refractivity contribution in [1.82, 2.24) is 14.8 Å². The first-order valence-electron chi connectivity index (χ1n) is 16.2. The lowest BCUT2D eigenvalue weighted by Gasteiger charge is -2.41. The molecule has 5 rings (SSSR count). The average Bonchev–Trinajstić information content (AvgIpc) is 3.02. The molecule has 1 saturated heterocycles. The summed E-state index contributed by atoms with van der Waals surface area (Å²) >= 11 is 0. The van der Waals surface area contributed by atoms with Crippen LogP contribution < -0.4 is 10.6 Å². The van der Waals surface area contributed by atoms with Crippen LogP contribution in [0.1, 0.15) is 84.4 Å². The molecule has 0 saturated carbocycles. The number of aromatic nitrogens is 1. The fraction of sp³-hybridized carbons (Fsp3) is 0.514. The standard InChI is InChI=1S/C35H45N5O6/c1-22-9-8-11-30(39-18-15-24(20-31(39)41)29-10-6-7-17-40(29)34(44)46-35(2,3)4)28-19-23(14-16-36-28)26-13-12-25(37-33(43)45-5)21-27(26)38-32(22)42/h12-14,16,19-22,29-30H,6-11,15,17-18H2,1-5H3,(H,37,43)(H,38,42)/t22-,29?,30+/m1/s1. The maximum absolute atomic E-state index is 13.9. The van der Waals surface area contributed by atoms with Crippen molar-refractivity contribution in [3.8, 4) is 11.1 Å². The number of anilines is 2. The predicted octanol–water partition coefficient (Wildman–Crippen LogP) is 6.67. The minimum atomic E-state index is -0.605. The van der Waals surface area contributed by atoms with Gasteiger partial charge in [-0.15, -0.1) is 0 Å². The van der Waals surface area contributed by atoms with E-state index in [1.807, 2.05) is 50.8 Å². The van der Waals surface area contributed by atoms with Gasteiger partial charge in [0.25, 0.3) is 0 Å². The van der Waals surface area contributed by atoms with Gasteiger partial charge in [0.1, 0.15) is 5.60 Å². The lowest BCUT2D eigenvalue weighted by molar-refractivity contribution is -0.129. The molecular formula is C35H45N5O6. The van der Waals surface area contributed by atoms with Crippen molar-refractivity contribution in [1.29, 1.82) is 0 Å². The first-order chi connectivity index (χ1) is 21.9. The lowest BCUT2D eigenvalue weighted by Crippen LogP contribution is -2.49. The van der Waals surface area contributed by atoms with Gasteiger partial charge in [-0.1, -0.05) is 19.4 Å². The Kier molecular flexibility index (Phi) is 9.98. The molecule has 1 fully saturated rings. The van der Waals surface area contributed by atoms with Crippen LogP contribution >= 0.6 is 0 Å². The van der Waals surface area contributed by atoms with Gasteiger partial charge in [0.15, 0.2) is 0 Å². The summed E-state index contributed by atoms with van der Waals surface area (Å²) < 4.78 is 10.4. The zero-order chi connectivity index (χ0) is 33.0. The SMILES string of the molecule is COC(=O)Nc1ccc2c(c1)NC(=O)[C@H](C)CCC[C@H](N1CCC(C3CCCCN3C(=O)OC(C)(C)C)=CC1=O)c1cc-2ccn1. The number of piperidine rings is 1. The quantitative estimate of drug-likeness (QED) is 0.387. The van der Waals surface area contributed by atoms with Crippen molar-refractivity contribution >= 4 is 35.4 Å². The van der Waals surface area contributed by atoms with Crippen molar-refractivity contribution < 1.29 is 28.7 Å². The molecule has 3 aliphatic rings. The van der Waals surface area contributed by atoms with E-state index in [1.54, 1.807) is 29.3 Å². The van der Waals surface area contributed by atoms with E-state index in [0.717, 1.165) is 48.1 Å². The normalized spacial score (nSPS) is 22.4. The van der Waals surface area contributed by atoms with Gasteiger partial charge in [0, 0.05) is 42.5 Å². The van der Waals surface area contributed by atoms with Crippen LogP contribution in [0.15, 0.2) is 48.2 Å². The second-order valence-corrected chi connectivity index (χ2v) is 13.4. The Morgan fingerprint density at radius 1 is 1.00 bits per heavy atom. The number of hydrogen-bond donors (Lipinski definition) is 2. The van der Waals surface area contributed by atoms with E-state index >= 15 is 0 Å². The molecule has 1 unspecified atom stereocenters. The molecule has 4 amide bonds. The van der Waals surface area contributed by atoms with Gasteiger partial charge in [0.05, 0.1) is 30.6 Å². The molecule has 3 atom stereocenters. The Bertz CT molecular complexity index is 1520. The maximum atomic E-state index is 13.9. The van der Waals surface area contributed by atoms with Crippen molar-refractivity contribution in [3.63, 3.8) is 0 Å². The van der Waals surface area contributed by atoms with Crippen LogP contribution in [-0.4, -0.2) is 70.6 Å². The van der Waals surface area contributed by atoms with Crippen LogP contribution in [0.4, 0.5) is 21.0 Å². The summed E-state index contributed by atoms with van der Waals surface area (Å²) in [5.41, 5.74) is 3.80. The number of nitrogens with zero attached hydrogens (tertiary/aromatic N) is 3. The summed E-state index contributed by atoms with van der Waals surface area (Å²) in [6, 6.07) is 8.73. The number of carbonyl (C=O) groups is 4. The number of benzene rings is 1. The number of nitrogens with one attached hydrogen (secondary N) is 2. The molecule has 11 nitrogen and oxygen atoms in total. The number of hydrogen-bond acceptors (Lipinski definition) is 7. The predicted molar refractivity (Wildman–Crippen MR) is 175 cm³/mol. The molecule has 2 aromatic rings. The Morgan fingerprint density at radius 2 is 1.78 bits per heavy atom. The minimum absolute atomic E-state index is 0.0926.